The lowest BCUT2D eigenvalue weighted by molar-refractivity contribution is -0.147. The van der Waals surface area contributed by atoms with Crippen molar-refractivity contribution in [1.82, 2.24) is 9.55 Å². The van der Waals surface area contributed by atoms with E-state index in [9.17, 15) is 9.59 Å². The van der Waals surface area contributed by atoms with Crippen LogP contribution in [0.1, 0.15) is 26.0 Å². The van der Waals surface area contributed by atoms with E-state index in [1.807, 2.05) is 0 Å². The van der Waals surface area contributed by atoms with Gasteiger partial charge in [-0.15, -0.1) is 0 Å². The van der Waals surface area contributed by atoms with Gasteiger partial charge in [0.15, 0.2) is 0 Å². The predicted molar refractivity (Wildman–Crippen MR) is 59.3 cm³/mol. The Morgan fingerprint density at radius 3 is 2.69 bits per heavy atom. The molecule has 0 aromatic carbocycles. The number of hydrogen-bond donors (Lipinski definition) is 1. The highest BCUT2D eigenvalue weighted by molar-refractivity contribution is 5.73. The first-order valence-electron chi connectivity index (χ1n) is 5.09. The molecular formula is C11H16N2O3. The molecule has 1 aromatic rings. The van der Waals surface area contributed by atoms with Crippen molar-refractivity contribution in [3.63, 3.8) is 0 Å². The molecular weight excluding hydrogens is 208 g/mol. The van der Waals surface area contributed by atoms with Crippen LogP contribution in [0, 0.1) is 12.3 Å². The van der Waals surface area contributed by atoms with E-state index in [1.54, 1.807) is 20.8 Å². The Kier molecular flexibility index (Phi) is 3.47. The molecule has 1 rings (SSSR count). The van der Waals surface area contributed by atoms with Crippen LogP contribution in [0.4, 0.5) is 0 Å². The molecule has 0 spiro atoms. The summed E-state index contributed by atoms with van der Waals surface area (Å²) in [6, 6.07) is 1.44. The summed E-state index contributed by atoms with van der Waals surface area (Å²) in [5.41, 5.74) is -0.308. The van der Waals surface area contributed by atoms with Gasteiger partial charge in [0.2, 0.25) is 0 Å². The number of nitrogens with zero attached hydrogens (tertiary/aromatic N) is 2. The molecule has 0 fully saturated rings. The maximum absolute atomic E-state index is 11.5. The molecule has 0 unspecified atom stereocenters. The second-order valence-corrected chi connectivity index (χ2v) is 4.50. The lowest BCUT2D eigenvalue weighted by Crippen LogP contribution is -2.28. The third kappa shape index (κ3) is 2.92. The van der Waals surface area contributed by atoms with Crippen molar-refractivity contribution in [1.29, 1.82) is 0 Å². The van der Waals surface area contributed by atoms with E-state index in [0.717, 1.165) is 0 Å². The van der Waals surface area contributed by atoms with Crippen molar-refractivity contribution >= 4 is 5.97 Å². The highest BCUT2D eigenvalue weighted by Crippen LogP contribution is 2.20. The normalized spacial score (nSPS) is 11.4. The van der Waals surface area contributed by atoms with Crippen molar-refractivity contribution in [3.8, 4) is 0 Å². The molecule has 0 aliphatic heterocycles. The van der Waals surface area contributed by atoms with Crippen LogP contribution in [0.25, 0.3) is 0 Å². The van der Waals surface area contributed by atoms with Crippen molar-refractivity contribution < 1.29 is 9.90 Å². The van der Waals surface area contributed by atoms with Gasteiger partial charge in [-0.2, -0.15) is 0 Å². The molecule has 0 radical (unpaired) electrons. The van der Waals surface area contributed by atoms with Crippen LogP contribution in [0.5, 0.6) is 0 Å². The van der Waals surface area contributed by atoms with Gasteiger partial charge in [0.05, 0.1) is 11.7 Å². The average Bonchev–Trinajstić information content (AvgIpc) is 2.16. The fourth-order valence-electron chi connectivity index (χ4n) is 1.19. The molecule has 16 heavy (non-hydrogen) atoms. The Morgan fingerprint density at radius 1 is 1.56 bits per heavy atom. The number of hydrogen-bond acceptors (Lipinski definition) is 3. The maximum atomic E-state index is 11.5. The third-order valence-electron chi connectivity index (χ3n) is 2.57. The van der Waals surface area contributed by atoms with Gasteiger partial charge in [-0.05, 0) is 27.2 Å². The lowest BCUT2D eigenvalue weighted by Gasteiger charge is -2.19. The third-order valence-corrected chi connectivity index (χ3v) is 2.57. The molecule has 5 nitrogen and oxygen atoms in total. The standard InChI is InChI=1S/C11H16N2O3/c1-8-6-9(14)13(7-12-8)5-4-11(2,3)10(15)16/h6-7H,4-5H2,1-3H3,(H,15,16). The second kappa shape index (κ2) is 4.47. The van der Waals surface area contributed by atoms with E-state index in [-0.39, 0.29) is 5.56 Å². The summed E-state index contributed by atoms with van der Waals surface area (Å²) in [6.07, 6.45) is 1.85. The van der Waals surface area contributed by atoms with Gasteiger partial charge in [-0.3, -0.25) is 14.2 Å². The second-order valence-electron chi connectivity index (χ2n) is 4.50. The Morgan fingerprint density at radius 2 is 2.19 bits per heavy atom. The largest absolute Gasteiger partial charge is 0.481 e. The first kappa shape index (κ1) is 12.4. The summed E-state index contributed by atoms with van der Waals surface area (Å²) < 4.78 is 1.43. The van der Waals surface area contributed by atoms with Crippen LogP contribution in [0.3, 0.4) is 0 Å². The topological polar surface area (TPSA) is 72.2 Å². The molecule has 5 heteroatoms. The minimum Gasteiger partial charge on any atom is -0.481 e. The quantitative estimate of drug-likeness (QED) is 0.829. The van der Waals surface area contributed by atoms with Crippen LogP contribution in [-0.4, -0.2) is 20.6 Å². The van der Waals surface area contributed by atoms with Gasteiger partial charge in [-0.25, -0.2) is 4.98 Å². The number of carbonyl (C=O) groups is 1. The van der Waals surface area contributed by atoms with Gasteiger partial charge in [0.25, 0.3) is 5.56 Å². The Balaban J connectivity index is 2.76. The smallest absolute Gasteiger partial charge is 0.309 e. The van der Waals surface area contributed by atoms with Gasteiger partial charge in [0, 0.05) is 18.3 Å². The zero-order valence-corrected chi connectivity index (χ0v) is 9.73. The van der Waals surface area contributed by atoms with Crippen molar-refractivity contribution in [3.05, 3.63) is 28.4 Å². The molecule has 1 aromatic heterocycles. The molecule has 0 bridgehead atoms. The molecule has 0 aliphatic rings. The SMILES string of the molecule is Cc1cc(=O)n(CCC(C)(C)C(=O)O)cn1. The number of aryl methyl sites for hydroxylation is 2. The first-order valence-corrected chi connectivity index (χ1v) is 5.09. The number of aliphatic carboxylic acids is 1. The average molecular weight is 224 g/mol. The fraction of sp³-hybridized carbons (Fsp3) is 0.545. The lowest BCUT2D eigenvalue weighted by atomic mass is 9.90. The van der Waals surface area contributed by atoms with Gasteiger partial charge >= 0.3 is 5.97 Å². The molecule has 1 heterocycles. The van der Waals surface area contributed by atoms with E-state index in [1.165, 1.54) is 17.0 Å². The number of rotatable bonds is 4. The van der Waals surface area contributed by atoms with E-state index < -0.39 is 11.4 Å². The van der Waals surface area contributed by atoms with E-state index >= 15 is 0 Å². The minimum absolute atomic E-state index is 0.145. The highest BCUT2D eigenvalue weighted by atomic mass is 16.4. The van der Waals surface area contributed by atoms with E-state index in [4.69, 9.17) is 5.11 Å². The number of aromatic nitrogens is 2. The summed E-state index contributed by atoms with van der Waals surface area (Å²) in [5, 5.41) is 8.93. The Labute approximate surface area is 93.8 Å². The van der Waals surface area contributed by atoms with Crippen LogP contribution >= 0.6 is 0 Å². The predicted octanol–water partition coefficient (Wildman–Crippen LogP) is 1.05. The van der Waals surface area contributed by atoms with E-state index in [0.29, 0.717) is 18.7 Å². The summed E-state index contributed by atoms with van der Waals surface area (Å²) in [4.78, 5) is 26.4. The number of carboxylic acid groups (broad SMARTS) is 1. The molecule has 0 saturated carbocycles. The maximum Gasteiger partial charge on any atom is 0.309 e. The van der Waals surface area contributed by atoms with Gasteiger partial charge in [0.1, 0.15) is 0 Å². The Bertz CT molecular complexity index is 449. The van der Waals surface area contributed by atoms with E-state index in [2.05, 4.69) is 4.98 Å². The molecule has 0 aliphatic carbocycles. The van der Waals surface area contributed by atoms with Crippen LogP contribution in [0.2, 0.25) is 0 Å². The minimum atomic E-state index is -0.861. The van der Waals surface area contributed by atoms with Crippen LogP contribution in [-0.2, 0) is 11.3 Å². The molecule has 0 saturated heterocycles. The monoisotopic (exact) mass is 224 g/mol. The molecule has 1 N–H and O–H groups in total. The van der Waals surface area contributed by atoms with Gasteiger partial charge < -0.3 is 5.11 Å². The zero-order valence-electron chi connectivity index (χ0n) is 9.73. The zero-order chi connectivity index (χ0) is 12.3. The molecule has 0 amide bonds. The molecule has 88 valence electrons. The summed E-state index contributed by atoms with van der Waals surface area (Å²) >= 11 is 0. The Hall–Kier alpha value is -1.65. The van der Waals surface area contributed by atoms with Crippen molar-refractivity contribution in [2.45, 2.75) is 33.7 Å². The summed E-state index contributed by atoms with van der Waals surface area (Å²) in [5.74, 6) is -0.861. The number of carboxylic acids is 1. The fourth-order valence-corrected chi connectivity index (χ4v) is 1.19. The highest BCUT2D eigenvalue weighted by Gasteiger charge is 2.26. The van der Waals surface area contributed by atoms with Crippen LogP contribution < -0.4 is 5.56 Å². The van der Waals surface area contributed by atoms with Gasteiger partial charge in [-0.1, -0.05) is 0 Å². The van der Waals surface area contributed by atoms with Crippen molar-refractivity contribution in [2.24, 2.45) is 5.41 Å². The molecule has 0 atom stereocenters. The first-order chi connectivity index (χ1) is 7.33. The summed E-state index contributed by atoms with van der Waals surface area (Å²) in [7, 11) is 0. The van der Waals surface area contributed by atoms with Crippen molar-refractivity contribution in [2.75, 3.05) is 0 Å². The summed E-state index contributed by atoms with van der Waals surface area (Å²) in [6.45, 7) is 5.39. The van der Waals surface area contributed by atoms with Crippen LogP contribution in [0.15, 0.2) is 17.2 Å².